The molecule has 63 heavy (non-hydrogen) atoms. The van der Waals surface area contributed by atoms with Gasteiger partial charge in [-0.1, -0.05) is 76.9 Å². The van der Waals surface area contributed by atoms with Gasteiger partial charge in [0.2, 0.25) is 0 Å². The van der Waals surface area contributed by atoms with E-state index in [2.05, 4.69) is 33.7 Å². The van der Waals surface area contributed by atoms with Gasteiger partial charge < -0.3 is 33.4 Å². The Kier molecular flexibility index (Phi) is 20.5. The molecule has 1 fully saturated rings. The van der Waals surface area contributed by atoms with Crippen LogP contribution in [0.4, 0.5) is 0 Å². The van der Waals surface area contributed by atoms with Crippen molar-refractivity contribution >= 4 is 56.9 Å². The van der Waals surface area contributed by atoms with E-state index >= 15 is 0 Å². The van der Waals surface area contributed by atoms with E-state index in [1.165, 1.54) is 18.1 Å². The Bertz CT molecular complexity index is 2170. The van der Waals surface area contributed by atoms with Gasteiger partial charge in [-0.15, -0.1) is 10.1 Å². The molecule has 1 aliphatic heterocycles. The summed E-state index contributed by atoms with van der Waals surface area (Å²) < 4.78 is 29.6. The third-order valence-corrected chi connectivity index (χ3v) is 13.1. The molecule has 0 bridgehead atoms. The third-order valence-electron chi connectivity index (χ3n) is 10.2. The SMILES string of the molecule is CCCCC(OC(=O)CN1CCN(CCCOc2ccc(-c3cc(=S)ss3)cc2)CC1)c1ccccc1C(=O)Oc1ccc(/C=C/C(=O)OCCCCCCO[N+](=O)[O-])cc1OC. The third kappa shape index (κ3) is 16.8. The Morgan fingerprint density at radius 2 is 1.60 bits per heavy atom. The zero-order valence-corrected chi connectivity index (χ0v) is 38.2. The van der Waals surface area contributed by atoms with Crippen LogP contribution in [0.2, 0.25) is 0 Å². The highest BCUT2D eigenvalue weighted by atomic mass is 32.9. The molecule has 1 aromatic heterocycles. The highest BCUT2D eigenvalue weighted by Gasteiger charge is 2.26. The lowest BCUT2D eigenvalue weighted by Gasteiger charge is -2.34. The normalized spacial score (nSPS) is 13.6. The maximum atomic E-state index is 13.7. The molecule has 1 aliphatic rings. The Balaban J connectivity index is 1.06. The molecule has 338 valence electrons. The maximum Gasteiger partial charge on any atom is 0.344 e. The highest BCUT2D eigenvalue weighted by molar-refractivity contribution is 7.80. The number of methoxy groups -OCH3 is 1. The molecule has 5 rings (SSSR count). The van der Waals surface area contributed by atoms with Gasteiger partial charge in [0, 0.05) is 49.2 Å². The van der Waals surface area contributed by atoms with Crippen LogP contribution in [0.5, 0.6) is 17.2 Å². The fraction of sp³-hybridized carbons (Fsp3) is 0.435. The van der Waals surface area contributed by atoms with Gasteiger partial charge in [-0.05, 0) is 104 Å². The second-order valence-electron chi connectivity index (χ2n) is 14.8. The molecular weight excluding hydrogens is 867 g/mol. The van der Waals surface area contributed by atoms with E-state index in [-0.39, 0.29) is 42.8 Å². The van der Waals surface area contributed by atoms with Crippen molar-refractivity contribution in [1.29, 1.82) is 0 Å². The van der Waals surface area contributed by atoms with Crippen LogP contribution >= 0.6 is 32.9 Å². The molecule has 14 nitrogen and oxygen atoms in total. The Labute approximate surface area is 380 Å². The number of piperazine rings is 1. The molecule has 0 aliphatic carbocycles. The molecule has 0 amide bonds. The minimum absolute atomic E-state index is 0.0477. The minimum atomic E-state index is -0.813. The largest absolute Gasteiger partial charge is 0.494 e. The van der Waals surface area contributed by atoms with E-state index in [4.69, 9.17) is 35.9 Å². The van der Waals surface area contributed by atoms with E-state index in [1.807, 2.05) is 24.3 Å². The molecular formula is C46H55N3O11S3. The molecule has 2 heterocycles. The van der Waals surface area contributed by atoms with Crippen LogP contribution in [-0.2, 0) is 23.9 Å². The molecule has 0 N–H and O–H groups in total. The van der Waals surface area contributed by atoms with Crippen LogP contribution in [0.3, 0.4) is 0 Å². The van der Waals surface area contributed by atoms with Gasteiger partial charge in [-0.2, -0.15) is 0 Å². The number of rotatable bonds is 26. The van der Waals surface area contributed by atoms with Gasteiger partial charge in [0.25, 0.3) is 5.09 Å². The van der Waals surface area contributed by atoms with Crippen molar-refractivity contribution in [3.05, 3.63) is 110 Å². The van der Waals surface area contributed by atoms with Crippen molar-refractivity contribution in [2.45, 2.75) is 64.4 Å². The van der Waals surface area contributed by atoms with Gasteiger partial charge in [0.1, 0.15) is 15.7 Å². The molecule has 1 atom stereocenters. The Morgan fingerprint density at radius 3 is 2.32 bits per heavy atom. The standard InChI is InChI=1S/C46H55N3O11S3/c1-3-4-14-39(59-44(51)33-48-26-24-47(25-27-48)23-11-29-56-36-19-17-35(18-20-36)42-32-45(61)63-62-42)37-12-7-8-13-38(37)46(52)60-40-21-15-34(31-41(40)55-2)16-22-43(50)57-28-9-5-6-10-30-58-49(53)54/h7-8,12-13,15-22,31-32,39H,3-6,9-11,14,23-30,33H2,1-2H3/b22-16+. The van der Waals surface area contributed by atoms with Crippen molar-refractivity contribution in [2.24, 2.45) is 0 Å². The fourth-order valence-electron chi connectivity index (χ4n) is 6.86. The molecule has 4 aromatic rings. The predicted octanol–water partition coefficient (Wildman–Crippen LogP) is 9.62. The quantitative estimate of drug-likeness (QED) is 0.00857. The van der Waals surface area contributed by atoms with Crippen LogP contribution in [-0.4, -0.2) is 99.0 Å². The molecule has 1 unspecified atom stereocenters. The first-order valence-corrected chi connectivity index (χ1v) is 23.8. The molecule has 0 radical (unpaired) electrons. The summed E-state index contributed by atoms with van der Waals surface area (Å²) in [6.07, 6.45) is 7.98. The lowest BCUT2D eigenvalue weighted by atomic mass is 9.98. The number of esters is 3. The van der Waals surface area contributed by atoms with Gasteiger partial charge in [-0.3, -0.25) is 9.69 Å². The van der Waals surface area contributed by atoms with E-state index in [1.54, 1.807) is 63.2 Å². The van der Waals surface area contributed by atoms with Crippen LogP contribution in [0.25, 0.3) is 16.5 Å². The second kappa shape index (κ2) is 26.4. The Hall–Kier alpha value is -5.20. The van der Waals surface area contributed by atoms with E-state index in [0.717, 1.165) is 80.0 Å². The predicted molar refractivity (Wildman–Crippen MR) is 246 cm³/mol. The van der Waals surface area contributed by atoms with Gasteiger partial charge >= 0.3 is 17.9 Å². The van der Waals surface area contributed by atoms with Gasteiger partial charge in [-0.25, -0.2) is 9.59 Å². The summed E-state index contributed by atoms with van der Waals surface area (Å²) in [6.45, 7) is 7.17. The highest BCUT2D eigenvalue weighted by Crippen LogP contribution is 2.33. The average Bonchev–Trinajstić information content (AvgIpc) is 3.73. The van der Waals surface area contributed by atoms with E-state index in [0.29, 0.717) is 37.0 Å². The molecule has 0 spiro atoms. The molecule has 0 saturated carbocycles. The number of hydrogen-bond donors (Lipinski definition) is 0. The average molecular weight is 922 g/mol. The smallest absolute Gasteiger partial charge is 0.344 e. The van der Waals surface area contributed by atoms with E-state index in [9.17, 15) is 24.5 Å². The number of benzene rings is 3. The number of carbonyl (C=O) groups excluding carboxylic acids is 3. The van der Waals surface area contributed by atoms with E-state index < -0.39 is 23.1 Å². The lowest BCUT2D eigenvalue weighted by molar-refractivity contribution is -0.757. The molecule has 3 aromatic carbocycles. The first-order valence-electron chi connectivity index (χ1n) is 21.2. The van der Waals surface area contributed by atoms with Crippen LogP contribution in [0.1, 0.15) is 85.9 Å². The number of nitrogens with zero attached hydrogens (tertiary/aromatic N) is 3. The van der Waals surface area contributed by atoms with Crippen LogP contribution in [0.15, 0.2) is 78.9 Å². The monoisotopic (exact) mass is 921 g/mol. The zero-order chi connectivity index (χ0) is 44.8. The summed E-state index contributed by atoms with van der Waals surface area (Å²) in [5.74, 6) is -0.180. The van der Waals surface area contributed by atoms with Crippen molar-refractivity contribution in [2.75, 3.05) is 66.2 Å². The van der Waals surface area contributed by atoms with Crippen molar-refractivity contribution < 1.29 is 48.0 Å². The van der Waals surface area contributed by atoms with Crippen LogP contribution in [0, 0.1) is 13.9 Å². The van der Waals surface area contributed by atoms with Crippen LogP contribution < -0.4 is 14.2 Å². The summed E-state index contributed by atoms with van der Waals surface area (Å²) >= 11 is 5.26. The molecule has 1 saturated heterocycles. The van der Waals surface area contributed by atoms with Crippen molar-refractivity contribution in [3.8, 4) is 27.7 Å². The van der Waals surface area contributed by atoms with Gasteiger partial charge in [0.05, 0.1) is 39.0 Å². The number of unbranched alkanes of at least 4 members (excludes halogenated alkanes) is 4. The first kappa shape index (κ1) is 48.8. The topological polar surface area (TPSA) is 156 Å². The number of ether oxygens (including phenoxy) is 5. The lowest BCUT2D eigenvalue weighted by Crippen LogP contribution is -2.48. The number of hydrogen-bond acceptors (Lipinski definition) is 16. The first-order chi connectivity index (χ1) is 30.6. The Morgan fingerprint density at radius 1 is 0.857 bits per heavy atom. The number of carbonyl (C=O) groups is 3. The summed E-state index contributed by atoms with van der Waals surface area (Å²) in [5, 5.41) is 9.38. The summed E-state index contributed by atoms with van der Waals surface area (Å²) in [6, 6.07) is 22.1. The second-order valence-corrected chi connectivity index (χ2v) is 17.7. The summed E-state index contributed by atoms with van der Waals surface area (Å²) in [4.78, 5) is 59.5. The summed E-state index contributed by atoms with van der Waals surface area (Å²) in [5.41, 5.74) is 2.61. The molecule has 17 heteroatoms. The zero-order valence-electron chi connectivity index (χ0n) is 35.7. The maximum absolute atomic E-state index is 13.7. The van der Waals surface area contributed by atoms with Crippen molar-refractivity contribution in [1.82, 2.24) is 9.80 Å². The fourth-order valence-corrected chi connectivity index (χ4v) is 9.26. The summed E-state index contributed by atoms with van der Waals surface area (Å²) in [7, 11) is 4.74. The van der Waals surface area contributed by atoms with Gasteiger partial charge in [0.15, 0.2) is 11.5 Å². The minimum Gasteiger partial charge on any atom is -0.494 e. The van der Waals surface area contributed by atoms with Crippen molar-refractivity contribution in [3.63, 3.8) is 0 Å².